The van der Waals surface area contributed by atoms with E-state index in [2.05, 4.69) is 26.3 Å². The van der Waals surface area contributed by atoms with Crippen LogP contribution in [-0.2, 0) is 13.6 Å². The monoisotopic (exact) mass is 293 g/mol. The van der Waals surface area contributed by atoms with Crippen LogP contribution in [0, 0.1) is 0 Å². The number of hydrogen-bond acceptors (Lipinski definition) is 3. The topological polar surface area (TPSA) is 46.9 Å². The van der Waals surface area contributed by atoms with Crippen LogP contribution in [0.15, 0.2) is 45.8 Å². The maximum atomic E-state index is 11.6. The molecule has 1 heterocycles. The Labute approximate surface area is 107 Å². The summed E-state index contributed by atoms with van der Waals surface area (Å²) in [4.78, 5) is 11.6. The van der Waals surface area contributed by atoms with E-state index >= 15 is 0 Å². The zero-order valence-corrected chi connectivity index (χ0v) is 10.9. The van der Waals surface area contributed by atoms with E-state index in [0.717, 1.165) is 5.56 Å². The number of anilines is 1. The molecule has 0 bridgehead atoms. The fourth-order valence-electron chi connectivity index (χ4n) is 1.43. The van der Waals surface area contributed by atoms with E-state index in [-0.39, 0.29) is 5.56 Å². The van der Waals surface area contributed by atoms with E-state index < -0.39 is 0 Å². The summed E-state index contributed by atoms with van der Waals surface area (Å²) in [5.41, 5.74) is 1.71. The number of aromatic nitrogens is 2. The zero-order valence-electron chi connectivity index (χ0n) is 9.35. The van der Waals surface area contributed by atoms with Crippen molar-refractivity contribution in [2.45, 2.75) is 6.54 Å². The average Bonchev–Trinajstić information content (AvgIpc) is 2.36. The third-order valence-electron chi connectivity index (χ3n) is 2.40. The van der Waals surface area contributed by atoms with Gasteiger partial charge in [-0.25, -0.2) is 4.68 Å². The number of nitrogens with zero attached hydrogens (tertiary/aromatic N) is 2. The Kier molecular flexibility index (Phi) is 3.58. The lowest BCUT2D eigenvalue weighted by atomic mass is 10.2. The van der Waals surface area contributed by atoms with Crippen molar-refractivity contribution in [1.82, 2.24) is 9.78 Å². The Hall–Kier alpha value is -1.62. The number of halogens is 1. The first-order valence-electron chi connectivity index (χ1n) is 5.18. The van der Waals surface area contributed by atoms with Gasteiger partial charge in [0.15, 0.2) is 0 Å². The molecule has 5 heteroatoms. The highest BCUT2D eigenvalue weighted by atomic mass is 79.9. The van der Waals surface area contributed by atoms with Crippen molar-refractivity contribution < 1.29 is 0 Å². The van der Waals surface area contributed by atoms with Crippen molar-refractivity contribution in [3.05, 3.63) is 56.9 Å². The standard InChI is InChI=1S/C12H12BrN3O/c1-16-12(17)11(13)10(8-15-16)14-7-9-5-3-2-4-6-9/h2-6,8,14H,7H2,1H3. The molecule has 0 atom stereocenters. The van der Waals surface area contributed by atoms with Gasteiger partial charge < -0.3 is 5.32 Å². The SMILES string of the molecule is Cn1ncc(NCc2ccccc2)c(Br)c1=O. The second-order valence-electron chi connectivity index (χ2n) is 3.64. The molecule has 1 aromatic carbocycles. The summed E-state index contributed by atoms with van der Waals surface area (Å²) in [5.74, 6) is 0. The minimum absolute atomic E-state index is 0.150. The molecule has 88 valence electrons. The molecular weight excluding hydrogens is 282 g/mol. The van der Waals surface area contributed by atoms with E-state index in [0.29, 0.717) is 16.7 Å². The van der Waals surface area contributed by atoms with E-state index in [1.54, 1.807) is 13.2 Å². The summed E-state index contributed by atoms with van der Waals surface area (Å²) in [6.45, 7) is 0.661. The molecule has 2 aromatic rings. The largest absolute Gasteiger partial charge is 0.379 e. The molecule has 0 saturated heterocycles. The van der Waals surface area contributed by atoms with E-state index in [1.165, 1.54) is 4.68 Å². The minimum atomic E-state index is -0.150. The highest BCUT2D eigenvalue weighted by Gasteiger charge is 2.05. The third kappa shape index (κ3) is 2.74. The van der Waals surface area contributed by atoms with Gasteiger partial charge in [0.1, 0.15) is 4.47 Å². The van der Waals surface area contributed by atoms with Crippen molar-refractivity contribution in [2.24, 2.45) is 7.05 Å². The van der Waals surface area contributed by atoms with Crippen LogP contribution in [0.25, 0.3) is 0 Å². The maximum absolute atomic E-state index is 11.6. The average molecular weight is 294 g/mol. The highest BCUT2D eigenvalue weighted by molar-refractivity contribution is 9.10. The zero-order chi connectivity index (χ0) is 12.3. The van der Waals surface area contributed by atoms with Gasteiger partial charge >= 0.3 is 0 Å². The van der Waals surface area contributed by atoms with Crippen LogP contribution in [0.5, 0.6) is 0 Å². The van der Waals surface area contributed by atoms with Crippen molar-refractivity contribution in [1.29, 1.82) is 0 Å². The lowest BCUT2D eigenvalue weighted by Crippen LogP contribution is -2.21. The maximum Gasteiger partial charge on any atom is 0.282 e. The predicted octanol–water partition coefficient (Wildman–Crippen LogP) is 2.15. The summed E-state index contributed by atoms with van der Waals surface area (Å²) in [6, 6.07) is 9.98. The second-order valence-corrected chi connectivity index (χ2v) is 4.43. The Morgan fingerprint density at radius 2 is 2.06 bits per heavy atom. The van der Waals surface area contributed by atoms with Crippen LogP contribution in [0.3, 0.4) is 0 Å². The van der Waals surface area contributed by atoms with Gasteiger partial charge in [-0.1, -0.05) is 30.3 Å². The van der Waals surface area contributed by atoms with Gasteiger partial charge in [-0.15, -0.1) is 0 Å². The van der Waals surface area contributed by atoms with Gasteiger partial charge in [-0.3, -0.25) is 4.79 Å². The lowest BCUT2D eigenvalue weighted by molar-refractivity contribution is 0.703. The van der Waals surface area contributed by atoms with Gasteiger partial charge in [0.25, 0.3) is 5.56 Å². The number of rotatable bonds is 3. The first-order chi connectivity index (χ1) is 8.18. The summed E-state index contributed by atoms with van der Waals surface area (Å²) >= 11 is 3.27. The first kappa shape index (κ1) is 11.9. The molecule has 0 aliphatic heterocycles. The molecule has 0 saturated carbocycles. The minimum Gasteiger partial charge on any atom is -0.379 e. The van der Waals surface area contributed by atoms with E-state index in [4.69, 9.17) is 0 Å². The van der Waals surface area contributed by atoms with Gasteiger partial charge in [0, 0.05) is 13.6 Å². The molecule has 1 N–H and O–H groups in total. The van der Waals surface area contributed by atoms with Gasteiger partial charge in [0.2, 0.25) is 0 Å². The normalized spacial score (nSPS) is 10.2. The van der Waals surface area contributed by atoms with Crippen LogP contribution in [0.2, 0.25) is 0 Å². The van der Waals surface area contributed by atoms with E-state index in [1.807, 2.05) is 30.3 Å². The Balaban J connectivity index is 2.15. The summed E-state index contributed by atoms with van der Waals surface area (Å²) in [7, 11) is 1.62. The predicted molar refractivity (Wildman–Crippen MR) is 70.9 cm³/mol. The molecule has 2 rings (SSSR count). The Morgan fingerprint density at radius 1 is 1.35 bits per heavy atom. The third-order valence-corrected chi connectivity index (χ3v) is 3.17. The quantitative estimate of drug-likeness (QED) is 0.943. The number of aryl methyl sites for hydroxylation is 1. The molecule has 17 heavy (non-hydrogen) atoms. The molecule has 0 fully saturated rings. The van der Waals surface area contributed by atoms with Crippen molar-refractivity contribution in [3.63, 3.8) is 0 Å². The fraction of sp³-hybridized carbons (Fsp3) is 0.167. The lowest BCUT2D eigenvalue weighted by Gasteiger charge is -2.08. The van der Waals surface area contributed by atoms with Crippen LogP contribution < -0.4 is 10.9 Å². The van der Waals surface area contributed by atoms with Crippen LogP contribution in [0.1, 0.15) is 5.56 Å². The van der Waals surface area contributed by atoms with Gasteiger partial charge in [0.05, 0.1) is 11.9 Å². The van der Waals surface area contributed by atoms with Crippen LogP contribution in [0.4, 0.5) is 5.69 Å². The Bertz CT molecular complexity index is 566. The Morgan fingerprint density at radius 3 is 2.76 bits per heavy atom. The highest BCUT2D eigenvalue weighted by Crippen LogP contribution is 2.16. The van der Waals surface area contributed by atoms with Crippen molar-refractivity contribution in [2.75, 3.05) is 5.32 Å². The number of hydrogen-bond donors (Lipinski definition) is 1. The number of benzene rings is 1. The smallest absolute Gasteiger partial charge is 0.282 e. The summed E-state index contributed by atoms with van der Waals surface area (Å²) < 4.78 is 1.79. The first-order valence-corrected chi connectivity index (χ1v) is 5.97. The van der Waals surface area contributed by atoms with Crippen LogP contribution in [-0.4, -0.2) is 9.78 Å². The molecule has 0 amide bonds. The van der Waals surface area contributed by atoms with Crippen LogP contribution >= 0.6 is 15.9 Å². The molecule has 4 nitrogen and oxygen atoms in total. The summed E-state index contributed by atoms with van der Waals surface area (Å²) in [6.07, 6.45) is 1.63. The second kappa shape index (κ2) is 5.14. The fourth-order valence-corrected chi connectivity index (χ4v) is 1.93. The van der Waals surface area contributed by atoms with Crippen molar-refractivity contribution in [3.8, 4) is 0 Å². The molecule has 0 radical (unpaired) electrons. The molecular formula is C12H12BrN3O. The molecule has 0 aliphatic rings. The van der Waals surface area contributed by atoms with E-state index in [9.17, 15) is 4.79 Å². The van der Waals surface area contributed by atoms with Gasteiger partial charge in [-0.2, -0.15) is 5.10 Å². The molecule has 1 aromatic heterocycles. The van der Waals surface area contributed by atoms with Crippen molar-refractivity contribution >= 4 is 21.6 Å². The molecule has 0 aliphatic carbocycles. The number of nitrogens with one attached hydrogen (secondary N) is 1. The molecule has 0 spiro atoms. The summed E-state index contributed by atoms with van der Waals surface area (Å²) in [5, 5.41) is 7.14. The molecule has 0 unspecified atom stereocenters. The van der Waals surface area contributed by atoms with Gasteiger partial charge in [-0.05, 0) is 21.5 Å².